The highest BCUT2D eigenvalue weighted by Crippen LogP contribution is 2.30. The van der Waals surface area contributed by atoms with Crippen molar-refractivity contribution in [2.45, 2.75) is 12.8 Å². The molecule has 0 spiro atoms. The summed E-state index contributed by atoms with van der Waals surface area (Å²) in [6.07, 6.45) is 1.09. The van der Waals surface area contributed by atoms with Gasteiger partial charge >= 0.3 is 4.87 Å². The number of benzene rings is 5. The van der Waals surface area contributed by atoms with Crippen molar-refractivity contribution >= 4 is 49.5 Å². The van der Waals surface area contributed by atoms with Crippen LogP contribution in [0.5, 0.6) is 5.88 Å². The van der Waals surface area contributed by atoms with Gasteiger partial charge in [0.2, 0.25) is 5.88 Å². The molecule has 0 saturated heterocycles. The van der Waals surface area contributed by atoms with Crippen LogP contribution in [0.4, 0.5) is 5.69 Å². The first-order valence-corrected chi connectivity index (χ1v) is 13.7. The van der Waals surface area contributed by atoms with E-state index in [-0.39, 0.29) is 5.88 Å². The number of fused-ring (bicyclic) bond motifs is 3. The summed E-state index contributed by atoms with van der Waals surface area (Å²) >= 11 is 0.968. The smallest absolute Gasteiger partial charge is 0.332 e. The number of nitrogens with zero attached hydrogens (tertiary/aromatic N) is 3. The highest BCUT2D eigenvalue weighted by Gasteiger charge is 2.16. The minimum Gasteiger partial charge on any atom is -0.492 e. The lowest BCUT2D eigenvalue weighted by Crippen LogP contribution is -2.05. The van der Waals surface area contributed by atoms with Crippen molar-refractivity contribution in [1.82, 2.24) is 4.68 Å². The van der Waals surface area contributed by atoms with Crippen molar-refractivity contribution in [2.75, 3.05) is 0 Å². The standard InChI is InChI=1S/C33H23N3O3S/c37-32-31(40-33(38)36(32)35-34-29-11-5-9-24-7-3-4-10-28(24)29)19-22-13-15-30-26(17-22)20-27(39-30)18-21-12-14-23-6-1-2-8-25(23)16-21/h1-17,20,37H,18-19H2. The fourth-order valence-electron chi connectivity index (χ4n) is 5.06. The fourth-order valence-corrected chi connectivity index (χ4v) is 5.90. The molecule has 5 aromatic carbocycles. The molecule has 1 N–H and O–H groups in total. The third-order valence-corrected chi connectivity index (χ3v) is 7.95. The molecule has 6 nitrogen and oxygen atoms in total. The van der Waals surface area contributed by atoms with Gasteiger partial charge in [-0.3, -0.25) is 4.79 Å². The molecule has 0 atom stereocenters. The third kappa shape index (κ3) is 4.57. The average Bonchev–Trinajstić information content (AvgIpc) is 3.50. The summed E-state index contributed by atoms with van der Waals surface area (Å²) < 4.78 is 7.07. The third-order valence-electron chi connectivity index (χ3n) is 7.03. The molecule has 0 aliphatic rings. The van der Waals surface area contributed by atoms with Crippen LogP contribution >= 0.6 is 11.3 Å². The van der Waals surface area contributed by atoms with Crippen molar-refractivity contribution in [2.24, 2.45) is 10.3 Å². The van der Waals surface area contributed by atoms with Crippen LogP contribution in [-0.4, -0.2) is 9.78 Å². The van der Waals surface area contributed by atoms with Gasteiger partial charge < -0.3 is 9.52 Å². The van der Waals surface area contributed by atoms with Gasteiger partial charge in [0.1, 0.15) is 11.3 Å². The van der Waals surface area contributed by atoms with E-state index in [4.69, 9.17) is 4.42 Å². The lowest BCUT2D eigenvalue weighted by atomic mass is 10.0. The highest BCUT2D eigenvalue weighted by molar-refractivity contribution is 7.09. The van der Waals surface area contributed by atoms with Gasteiger partial charge in [-0.1, -0.05) is 101 Å². The largest absolute Gasteiger partial charge is 0.492 e. The SMILES string of the molecule is O=c1sc(Cc2ccc3oc(Cc4ccc5ccccc5c4)cc3c2)c(O)n1N=Nc1cccc2ccccc12. The van der Waals surface area contributed by atoms with Gasteiger partial charge in [0.15, 0.2) is 0 Å². The van der Waals surface area contributed by atoms with Crippen LogP contribution in [0.3, 0.4) is 0 Å². The molecule has 194 valence electrons. The zero-order valence-corrected chi connectivity index (χ0v) is 22.1. The van der Waals surface area contributed by atoms with E-state index in [0.717, 1.165) is 49.1 Å². The molecule has 0 fully saturated rings. The Hall–Kier alpha value is -5.01. The summed E-state index contributed by atoms with van der Waals surface area (Å²) in [4.78, 5) is 12.8. The number of hydrogen-bond acceptors (Lipinski definition) is 6. The number of aromatic hydroxyl groups is 1. The first-order valence-electron chi connectivity index (χ1n) is 12.9. The van der Waals surface area contributed by atoms with E-state index in [1.165, 1.54) is 16.3 Å². The zero-order chi connectivity index (χ0) is 27.1. The van der Waals surface area contributed by atoms with E-state index in [1.54, 1.807) is 0 Å². The van der Waals surface area contributed by atoms with Gasteiger partial charge in [-0.15, -0.1) is 9.79 Å². The summed E-state index contributed by atoms with van der Waals surface area (Å²) in [5.74, 6) is 0.693. The van der Waals surface area contributed by atoms with Crippen LogP contribution in [0.2, 0.25) is 0 Å². The van der Waals surface area contributed by atoms with Crippen LogP contribution < -0.4 is 4.87 Å². The quantitative estimate of drug-likeness (QED) is 0.215. The van der Waals surface area contributed by atoms with Gasteiger partial charge in [0, 0.05) is 23.6 Å². The minimum atomic E-state index is -0.390. The maximum atomic E-state index is 12.7. The number of hydrogen-bond donors (Lipinski definition) is 1. The topological polar surface area (TPSA) is 80.1 Å². The number of rotatable bonds is 6. The lowest BCUT2D eigenvalue weighted by molar-refractivity contribution is 0.418. The second kappa shape index (κ2) is 9.94. The Labute approximate surface area is 233 Å². The molecule has 0 amide bonds. The molecular weight excluding hydrogens is 518 g/mol. The van der Waals surface area contributed by atoms with Crippen molar-refractivity contribution in [3.05, 3.63) is 141 Å². The van der Waals surface area contributed by atoms with E-state index in [2.05, 4.69) is 46.7 Å². The van der Waals surface area contributed by atoms with E-state index >= 15 is 0 Å². The summed E-state index contributed by atoms with van der Waals surface area (Å²) in [5.41, 5.74) is 3.58. The van der Waals surface area contributed by atoms with Crippen LogP contribution in [0.15, 0.2) is 129 Å². The molecule has 0 radical (unpaired) electrons. The van der Waals surface area contributed by atoms with E-state index < -0.39 is 4.87 Å². The van der Waals surface area contributed by atoms with Crippen LogP contribution in [0.25, 0.3) is 32.5 Å². The van der Waals surface area contributed by atoms with Crippen molar-refractivity contribution < 1.29 is 9.52 Å². The Kier molecular flexibility index (Phi) is 5.98. The van der Waals surface area contributed by atoms with Gasteiger partial charge in [-0.05, 0) is 51.6 Å². The number of furan rings is 1. The predicted octanol–water partition coefficient (Wildman–Crippen LogP) is 8.40. The highest BCUT2D eigenvalue weighted by atomic mass is 32.1. The predicted molar refractivity (Wildman–Crippen MR) is 160 cm³/mol. The van der Waals surface area contributed by atoms with E-state index in [1.807, 2.05) is 72.8 Å². The first kappa shape index (κ1) is 24.1. The second-order valence-corrected chi connectivity index (χ2v) is 10.8. The Morgan fingerprint density at radius 1 is 0.725 bits per heavy atom. The van der Waals surface area contributed by atoms with Crippen LogP contribution in [-0.2, 0) is 12.8 Å². The molecular formula is C33H23N3O3S. The monoisotopic (exact) mass is 541 g/mol. The zero-order valence-electron chi connectivity index (χ0n) is 21.3. The molecule has 0 bridgehead atoms. The van der Waals surface area contributed by atoms with Gasteiger partial charge in [0.25, 0.3) is 0 Å². The average molecular weight is 542 g/mol. The molecule has 7 heteroatoms. The maximum Gasteiger partial charge on any atom is 0.332 e. The molecule has 40 heavy (non-hydrogen) atoms. The van der Waals surface area contributed by atoms with Crippen LogP contribution in [0.1, 0.15) is 21.8 Å². The van der Waals surface area contributed by atoms with Crippen molar-refractivity contribution in [3.63, 3.8) is 0 Å². The summed E-state index contributed by atoms with van der Waals surface area (Å²) in [6, 6.07) is 36.3. The molecule has 0 saturated carbocycles. The number of thiazole rings is 1. The van der Waals surface area contributed by atoms with Gasteiger partial charge in [-0.25, -0.2) is 0 Å². The molecule has 0 aliphatic heterocycles. The van der Waals surface area contributed by atoms with E-state index in [9.17, 15) is 9.90 Å². The summed E-state index contributed by atoms with van der Waals surface area (Å²) in [6.45, 7) is 0. The van der Waals surface area contributed by atoms with Crippen molar-refractivity contribution in [1.29, 1.82) is 0 Å². The van der Waals surface area contributed by atoms with Gasteiger partial charge in [-0.2, -0.15) is 0 Å². The van der Waals surface area contributed by atoms with Crippen LogP contribution in [0, 0.1) is 0 Å². The summed E-state index contributed by atoms with van der Waals surface area (Å²) in [5, 5.41) is 24.5. The lowest BCUT2D eigenvalue weighted by Gasteiger charge is -2.02. The van der Waals surface area contributed by atoms with Gasteiger partial charge in [0.05, 0.1) is 10.6 Å². The summed E-state index contributed by atoms with van der Waals surface area (Å²) in [7, 11) is 0. The molecule has 7 aromatic rings. The number of aromatic nitrogens is 1. The Morgan fingerprint density at radius 2 is 1.45 bits per heavy atom. The minimum absolute atomic E-state index is 0.191. The second-order valence-electron chi connectivity index (χ2n) is 9.73. The fraction of sp³-hybridized carbons (Fsp3) is 0.0606. The molecule has 2 aromatic heterocycles. The molecule has 7 rings (SSSR count). The Bertz CT molecular complexity index is 2110. The molecule has 0 unspecified atom stereocenters. The normalized spacial score (nSPS) is 11.8. The molecule has 2 heterocycles. The van der Waals surface area contributed by atoms with Crippen molar-refractivity contribution in [3.8, 4) is 5.88 Å². The maximum absolute atomic E-state index is 12.7. The molecule has 0 aliphatic carbocycles. The first-order chi connectivity index (χ1) is 19.6. The van der Waals surface area contributed by atoms with E-state index in [0.29, 0.717) is 23.4 Å². The Morgan fingerprint density at radius 3 is 2.35 bits per heavy atom. The Balaban J connectivity index is 1.12.